The van der Waals surface area contributed by atoms with E-state index in [2.05, 4.69) is 0 Å². The van der Waals surface area contributed by atoms with Gasteiger partial charge >= 0.3 is 6.18 Å². The van der Waals surface area contributed by atoms with E-state index in [1.54, 1.807) is 0 Å². The predicted octanol–water partition coefficient (Wildman–Crippen LogP) is 4.32. The number of hydrogen-bond acceptors (Lipinski definition) is 0. The largest absolute Gasteiger partial charge is 0.419 e. The van der Waals surface area contributed by atoms with Crippen LogP contribution in [0.3, 0.4) is 0 Å². The monoisotopic (exact) mass is 246 g/mol. The van der Waals surface area contributed by atoms with Gasteiger partial charge < -0.3 is 0 Å². The van der Waals surface area contributed by atoms with Gasteiger partial charge in [-0.25, -0.2) is 4.39 Å². The molecular formula is C8H4Cl2F4. The molecule has 0 atom stereocenters. The lowest BCUT2D eigenvalue weighted by Crippen LogP contribution is -2.08. The summed E-state index contributed by atoms with van der Waals surface area (Å²) in [6, 6.07) is 2.33. The minimum Gasteiger partial charge on any atom is -0.206 e. The zero-order chi connectivity index (χ0) is 10.9. The number of alkyl halides is 5. The van der Waals surface area contributed by atoms with Crippen molar-refractivity contribution in [1.29, 1.82) is 0 Å². The molecule has 78 valence electrons. The van der Waals surface area contributed by atoms with Crippen LogP contribution in [0.2, 0.25) is 0 Å². The van der Waals surface area contributed by atoms with E-state index in [-0.39, 0.29) is 5.56 Å². The highest BCUT2D eigenvalue weighted by atomic mass is 35.5. The number of benzene rings is 1. The Balaban J connectivity index is 3.15. The van der Waals surface area contributed by atoms with Gasteiger partial charge in [0.1, 0.15) is 10.7 Å². The fourth-order valence-corrected chi connectivity index (χ4v) is 1.17. The van der Waals surface area contributed by atoms with Crippen LogP contribution in [0.4, 0.5) is 17.6 Å². The summed E-state index contributed by atoms with van der Waals surface area (Å²) in [5.74, 6) is -1.37. The first kappa shape index (κ1) is 11.6. The van der Waals surface area contributed by atoms with Crippen LogP contribution >= 0.6 is 23.2 Å². The number of halogens is 6. The maximum absolute atomic E-state index is 12.9. The van der Waals surface area contributed by atoms with E-state index in [0.29, 0.717) is 12.1 Å². The molecule has 0 radical (unpaired) electrons. The predicted molar refractivity (Wildman–Crippen MR) is 45.8 cm³/mol. The second kappa shape index (κ2) is 3.95. The Morgan fingerprint density at radius 2 is 1.71 bits per heavy atom. The van der Waals surface area contributed by atoms with Crippen LogP contribution < -0.4 is 0 Å². The molecule has 0 fully saturated rings. The molecule has 0 aromatic heterocycles. The van der Waals surface area contributed by atoms with Crippen molar-refractivity contribution in [2.24, 2.45) is 0 Å². The summed E-state index contributed by atoms with van der Waals surface area (Å²) >= 11 is 10.7. The molecule has 0 aliphatic carbocycles. The van der Waals surface area contributed by atoms with Crippen molar-refractivity contribution in [3.05, 3.63) is 35.1 Å². The molecule has 0 amide bonds. The second-order valence-electron chi connectivity index (χ2n) is 2.54. The van der Waals surface area contributed by atoms with E-state index < -0.39 is 22.4 Å². The first-order chi connectivity index (χ1) is 6.32. The van der Waals surface area contributed by atoms with Crippen molar-refractivity contribution in [3.63, 3.8) is 0 Å². The van der Waals surface area contributed by atoms with Gasteiger partial charge in [-0.3, -0.25) is 0 Å². The molecule has 0 saturated carbocycles. The molecule has 0 saturated heterocycles. The van der Waals surface area contributed by atoms with Crippen LogP contribution in [0.1, 0.15) is 16.0 Å². The van der Waals surface area contributed by atoms with Crippen molar-refractivity contribution in [3.8, 4) is 0 Å². The van der Waals surface area contributed by atoms with Crippen LogP contribution in [-0.4, -0.2) is 0 Å². The lowest BCUT2D eigenvalue weighted by atomic mass is 10.1. The van der Waals surface area contributed by atoms with Gasteiger partial charge in [0.15, 0.2) is 0 Å². The van der Waals surface area contributed by atoms with Crippen molar-refractivity contribution in [2.75, 3.05) is 0 Å². The molecule has 1 aromatic carbocycles. The maximum Gasteiger partial charge on any atom is 0.419 e. The lowest BCUT2D eigenvalue weighted by Gasteiger charge is -2.09. The van der Waals surface area contributed by atoms with Gasteiger partial charge in [-0.2, -0.15) is 13.2 Å². The van der Waals surface area contributed by atoms with E-state index in [4.69, 9.17) is 23.2 Å². The lowest BCUT2D eigenvalue weighted by molar-refractivity contribution is -0.140. The average Bonchev–Trinajstić information content (AvgIpc) is 2.01. The third-order valence-corrected chi connectivity index (χ3v) is 2.05. The molecule has 0 aliphatic rings. The first-order valence-corrected chi connectivity index (χ1v) is 4.34. The summed E-state index contributed by atoms with van der Waals surface area (Å²) in [7, 11) is 0. The normalized spacial score (nSPS) is 12.2. The molecule has 0 N–H and O–H groups in total. The number of rotatable bonds is 1. The van der Waals surface area contributed by atoms with Crippen LogP contribution in [0.25, 0.3) is 0 Å². The van der Waals surface area contributed by atoms with E-state index in [1.807, 2.05) is 0 Å². The molecular weight excluding hydrogens is 243 g/mol. The highest BCUT2D eigenvalue weighted by Gasteiger charge is 2.34. The molecule has 0 aliphatic heterocycles. The highest BCUT2D eigenvalue weighted by molar-refractivity contribution is 6.44. The summed E-state index contributed by atoms with van der Waals surface area (Å²) in [6.45, 7) is 0. The Bertz CT molecular complexity index is 333. The maximum atomic E-state index is 12.9. The molecule has 0 bridgehead atoms. The minimum atomic E-state index is -4.70. The van der Waals surface area contributed by atoms with Gasteiger partial charge in [-0.05, 0) is 17.7 Å². The van der Waals surface area contributed by atoms with Gasteiger partial charge in [0, 0.05) is 0 Å². The first-order valence-electron chi connectivity index (χ1n) is 3.47. The van der Waals surface area contributed by atoms with Crippen molar-refractivity contribution >= 4 is 23.2 Å². The zero-order valence-corrected chi connectivity index (χ0v) is 8.09. The Hall–Kier alpha value is -0.480. The molecule has 14 heavy (non-hydrogen) atoms. The molecule has 6 heteroatoms. The van der Waals surface area contributed by atoms with Crippen molar-refractivity contribution in [2.45, 2.75) is 11.0 Å². The molecule has 0 nitrogen and oxygen atoms in total. The molecule has 0 heterocycles. The van der Waals surface area contributed by atoms with E-state index in [1.165, 1.54) is 0 Å². The van der Waals surface area contributed by atoms with Crippen LogP contribution in [0.15, 0.2) is 18.2 Å². The van der Waals surface area contributed by atoms with E-state index in [9.17, 15) is 17.6 Å². The van der Waals surface area contributed by atoms with Crippen LogP contribution in [0, 0.1) is 5.82 Å². The second-order valence-corrected chi connectivity index (χ2v) is 3.63. The van der Waals surface area contributed by atoms with Gasteiger partial charge in [-0.15, -0.1) is 23.2 Å². The van der Waals surface area contributed by atoms with Gasteiger partial charge in [0.25, 0.3) is 0 Å². The highest BCUT2D eigenvalue weighted by Crippen LogP contribution is 2.34. The Kier molecular flexibility index (Phi) is 3.27. The van der Waals surface area contributed by atoms with Crippen molar-refractivity contribution < 1.29 is 17.6 Å². The quantitative estimate of drug-likeness (QED) is 0.512. The SMILES string of the molecule is Fc1cc(C(Cl)Cl)ccc1C(F)(F)F. The fraction of sp³-hybridized carbons (Fsp3) is 0.250. The smallest absolute Gasteiger partial charge is 0.206 e. The Morgan fingerprint density at radius 3 is 2.07 bits per heavy atom. The van der Waals surface area contributed by atoms with Gasteiger partial charge in [0.05, 0.1) is 5.56 Å². The zero-order valence-electron chi connectivity index (χ0n) is 6.58. The third-order valence-electron chi connectivity index (χ3n) is 1.55. The minimum absolute atomic E-state index is 0.0961. The van der Waals surface area contributed by atoms with Gasteiger partial charge in [-0.1, -0.05) is 6.07 Å². The summed E-state index contributed by atoms with van der Waals surface area (Å²) in [5, 5.41) is 0. The summed E-state index contributed by atoms with van der Waals surface area (Å²) in [4.78, 5) is -1.04. The van der Waals surface area contributed by atoms with Crippen LogP contribution in [0.5, 0.6) is 0 Å². The van der Waals surface area contributed by atoms with Gasteiger partial charge in [0.2, 0.25) is 0 Å². The van der Waals surface area contributed by atoms with E-state index in [0.717, 1.165) is 6.07 Å². The molecule has 1 rings (SSSR count). The topological polar surface area (TPSA) is 0 Å². The van der Waals surface area contributed by atoms with E-state index >= 15 is 0 Å². The third kappa shape index (κ3) is 2.51. The number of hydrogen-bond donors (Lipinski definition) is 0. The molecule has 0 unspecified atom stereocenters. The average molecular weight is 247 g/mol. The van der Waals surface area contributed by atoms with Crippen molar-refractivity contribution in [1.82, 2.24) is 0 Å². The summed E-state index contributed by atoms with van der Waals surface area (Å²) < 4.78 is 49.1. The fourth-order valence-electron chi connectivity index (χ4n) is 0.897. The Morgan fingerprint density at radius 1 is 1.14 bits per heavy atom. The molecule has 0 spiro atoms. The standard InChI is InChI=1S/C8H4Cl2F4/c9-7(10)4-1-2-5(6(11)3-4)8(12,13)14/h1-3,7H. The molecule has 1 aromatic rings. The van der Waals surface area contributed by atoms with Crippen LogP contribution in [-0.2, 0) is 6.18 Å². The Labute approximate surface area is 87.4 Å². The summed E-state index contributed by atoms with van der Waals surface area (Å²) in [5.41, 5.74) is -1.23. The summed E-state index contributed by atoms with van der Waals surface area (Å²) in [6.07, 6.45) is -4.70.